The summed E-state index contributed by atoms with van der Waals surface area (Å²) < 4.78 is 5.10. The van der Waals surface area contributed by atoms with Gasteiger partial charge in [0.2, 0.25) is 0 Å². The van der Waals surface area contributed by atoms with Crippen LogP contribution in [0.15, 0.2) is 206 Å². The van der Waals surface area contributed by atoms with Gasteiger partial charge < -0.3 is 9.47 Å². The highest BCUT2D eigenvalue weighted by molar-refractivity contribution is 7.25. The smallest absolute Gasteiger partial charge is 0.0568 e. The maximum Gasteiger partial charge on any atom is 0.0568 e. The Kier molecular flexibility index (Phi) is 7.39. The minimum atomic E-state index is 1.10. The fourth-order valence-corrected chi connectivity index (χ4v) is 9.59. The zero-order chi connectivity index (χ0) is 36.3. The van der Waals surface area contributed by atoms with Gasteiger partial charge in [-0.1, -0.05) is 152 Å². The standard InChI is InChI=1S/C52H34N2S/c1-3-15-35(16-4-1)36-27-29-38(30-28-36)53(46-24-12-9-19-40(46)37-17-5-2-6-18-37)48-34-49-52(43-22-8-7-20-41(43)48)44-23-10-13-25-47(44)54(49)39-31-32-51-45(33-39)42-21-11-14-26-50(42)55-51/h1-34H. The van der Waals surface area contributed by atoms with Crippen LogP contribution < -0.4 is 4.90 Å². The molecular formula is C52H34N2S. The molecule has 258 valence electrons. The van der Waals surface area contributed by atoms with E-state index in [0.717, 1.165) is 22.7 Å². The molecule has 0 aliphatic rings. The molecule has 0 amide bonds. The van der Waals surface area contributed by atoms with E-state index in [0.29, 0.717) is 0 Å². The van der Waals surface area contributed by atoms with E-state index in [1.807, 2.05) is 11.3 Å². The van der Waals surface area contributed by atoms with Crippen molar-refractivity contribution in [3.05, 3.63) is 206 Å². The Hall–Kier alpha value is -6.94. The molecule has 55 heavy (non-hydrogen) atoms. The minimum Gasteiger partial charge on any atom is -0.309 e. The van der Waals surface area contributed by atoms with Crippen LogP contribution in [0.2, 0.25) is 0 Å². The molecule has 2 nitrogen and oxygen atoms in total. The highest BCUT2D eigenvalue weighted by atomic mass is 32.1. The summed E-state index contributed by atoms with van der Waals surface area (Å²) in [4.78, 5) is 2.47. The van der Waals surface area contributed by atoms with Crippen LogP contribution in [0.3, 0.4) is 0 Å². The monoisotopic (exact) mass is 718 g/mol. The van der Waals surface area contributed by atoms with E-state index in [4.69, 9.17) is 0 Å². The third-order valence-corrected chi connectivity index (χ3v) is 12.1. The molecule has 0 atom stereocenters. The molecule has 0 unspecified atom stereocenters. The number of aromatic nitrogens is 1. The maximum atomic E-state index is 2.48. The molecule has 2 aromatic heterocycles. The van der Waals surface area contributed by atoms with Gasteiger partial charge in [-0.05, 0) is 76.7 Å². The van der Waals surface area contributed by atoms with Gasteiger partial charge in [0, 0.05) is 53.3 Å². The number of hydrogen-bond donors (Lipinski definition) is 0. The van der Waals surface area contributed by atoms with Gasteiger partial charge in [0.1, 0.15) is 0 Å². The van der Waals surface area contributed by atoms with Crippen molar-refractivity contribution in [1.29, 1.82) is 0 Å². The molecule has 0 radical (unpaired) electrons. The number of para-hydroxylation sites is 2. The Morgan fingerprint density at radius 2 is 0.964 bits per heavy atom. The molecule has 0 aliphatic heterocycles. The first-order valence-electron chi connectivity index (χ1n) is 18.8. The van der Waals surface area contributed by atoms with Crippen LogP contribution in [0.4, 0.5) is 17.1 Å². The number of anilines is 3. The summed E-state index contributed by atoms with van der Waals surface area (Å²) in [7, 11) is 0. The highest BCUT2D eigenvalue weighted by Crippen LogP contribution is 2.48. The summed E-state index contributed by atoms with van der Waals surface area (Å²) in [5.41, 5.74) is 11.6. The van der Waals surface area contributed by atoms with Crippen LogP contribution in [0.25, 0.3) is 80.7 Å². The fourth-order valence-electron chi connectivity index (χ4n) is 8.50. The van der Waals surface area contributed by atoms with Crippen molar-refractivity contribution >= 4 is 81.1 Å². The highest BCUT2D eigenvalue weighted by Gasteiger charge is 2.24. The van der Waals surface area contributed by atoms with E-state index >= 15 is 0 Å². The molecule has 9 aromatic carbocycles. The summed E-state index contributed by atoms with van der Waals surface area (Å²) in [6.07, 6.45) is 0. The molecule has 3 heteroatoms. The molecule has 0 aliphatic carbocycles. The maximum absolute atomic E-state index is 2.48. The van der Waals surface area contributed by atoms with Crippen LogP contribution in [0, 0.1) is 0 Å². The van der Waals surface area contributed by atoms with Crippen molar-refractivity contribution in [3.8, 4) is 27.9 Å². The summed E-state index contributed by atoms with van der Waals surface area (Å²) in [5, 5.41) is 7.54. The quantitative estimate of drug-likeness (QED) is 0.166. The van der Waals surface area contributed by atoms with E-state index < -0.39 is 0 Å². The topological polar surface area (TPSA) is 8.17 Å². The molecule has 0 bridgehead atoms. The van der Waals surface area contributed by atoms with E-state index in [-0.39, 0.29) is 0 Å². The van der Waals surface area contributed by atoms with Crippen LogP contribution in [0.1, 0.15) is 0 Å². The third-order valence-electron chi connectivity index (χ3n) is 11.0. The molecule has 11 aromatic rings. The predicted octanol–water partition coefficient (Wildman–Crippen LogP) is 15.1. The van der Waals surface area contributed by atoms with Gasteiger partial charge in [0.15, 0.2) is 0 Å². The Bertz CT molecular complexity index is 3190. The summed E-state index contributed by atoms with van der Waals surface area (Å²) >= 11 is 1.86. The minimum absolute atomic E-state index is 1.10. The van der Waals surface area contributed by atoms with E-state index in [2.05, 4.69) is 216 Å². The average molecular weight is 719 g/mol. The number of benzene rings is 9. The van der Waals surface area contributed by atoms with Crippen molar-refractivity contribution in [3.63, 3.8) is 0 Å². The lowest BCUT2D eigenvalue weighted by Crippen LogP contribution is -2.12. The summed E-state index contributed by atoms with van der Waals surface area (Å²) in [5.74, 6) is 0. The van der Waals surface area contributed by atoms with E-state index in [1.165, 1.54) is 75.0 Å². The number of thiophene rings is 1. The second-order valence-corrected chi connectivity index (χ2v) is 15.2. The van der Waals surface area contributed by atoms with Crippen molar-refractivity contribution in [2.45, 2.75) is 0 Å². The van der Waals surface area contributed by atoms with Gasteiger partial charge in [0.05, 0.1) is 22.4 Å². The zero-order valence-electron chi connectivity index (χ0n) is 29.9. The van der Waals surface area contributed by atoms with Crippen molar-refractivity contribution < 1.29 is 0 Å². The SMILES string of the molecule is c1ccc(-c2ccc(N(c3ccccc3-c3ccccc3)c3cc4c(c5ccccc35)c3ccccc3n4-c3ccc4sc5ccccc5c4c3)cc2)cc1. The first-order valence-corrected chi connectivity index (χ1v) is 19.6. The van der Waals surface area contributed by atoms with Crippen LogP contribution >= 0.6 is 11.3 Å². The van der Waals surface area contributed by atoms with E-state index in [1.54, 1.807) is 0 Å². The van der Waals surface area contributed by atoms with Gasteiger partial charge >= 0.3 is 0 Å². The van der Waals surface area contributed by atoms with E-state index in [9.17, 15) is 0 Å². The van der Waals surface area contributed by atoms with Crippen molar-refractivity contribution in [2.75, 3.05) is 4.90 Å². The fraction of sp³-hybridized carbons (Fsp3) is 0. The number of rotatable bonds is 6. The van der Waals surface area contributed by atoms with Crippen LogP contribution in [-0.4, -0.2) is 4.57 Å². The molecule has 0 saturated carbocycles. The largest absolute Gasteiger partial charge is 0.309 e. The summed E-state index contributed by atoms with van der Waals surface area (Å²) in [6.45, 7) is 0. The predicted molar refractivity (Wildman–Crippen MR) is 237 cm³/mol. The molecule has 11 rings (SSSR count). The number of fused-ring (bicyclic) bond motifs is 8. The average Bonchev–Trinajstić information content (AvgIpc) is 3.80. The molecule has 0 spiro atoms. The number of hydrogen-bond acceptors (Lipinski definition) is 2. The normalized spacial score (nSPS) is 11.6. The number of nitrogens with zero attached hydrogens (tertiary/aromatic N) is 2. The lowest BCUT2D eigenvalue weighted by molar-refractivity contribution is 1.18. The Morgan fingerprint density at radius 3 is 1.76 bits per heavy atom. The molecule has 2 heterocycles. The Balaban J connectivity index is 1.23. The van der Waals surface area contributed by atoms with Crippen molar-refractivity contribution in [1.82, 2.24) is 4.57 Å². The van der Waals surface area contributed by atoms with Crippen LogP contribution in [-0.2, 0) is 0 Å². The second-order valence-electron chi connectivity index (χ2n) is 14.1. The molecular weight excluding hydrogens is 685 g/mol. The first-order chi connectivity index (χ1) is 27.3. The summed E-state index contributed by atoms with van der Waals surface area (Å²) in [6, 6.07) is 75.2. The lowest BCUT2D eigenvalue weighted by Gasteiger charge is -2.29. The molecule has 0 saturated heterocycles. The van der Waals surface area contributed by atoms with Crippen LogP contribution in [0.5, 0.6) is 0 Å². The molecule has 0 fully saturated rings. The Morgan fingerprint density at radius 1 is 0.364 bits per heavy atom. The first kappa shape index (κ1) is 31.6. The third kappa shape index (κ3) is 5.16. The lowest BCUT2D eigenvalue weighted by atomic mass is 9.98. The van der Waals surface area contributed by atoms with Gasteiger partial charge in [-0.15, -0.1) is 11.3 Å². The Labute approximate surface area is 323 Å². The molecule has 0 N–H and O–H groups in total. The zero-order valence-corrected chi connectivity index (χ0v) is 30.7. The van der Waals surface area contributed by atoms with Crippen molar-refractivity contribution in [2.24, 2.45) is 0 Å². The second kappa shape index (κ2) is 12.9. The van der Waals surface area contributed by atoms with Gasteiger partial charge in [-0.25, -0.2) is 0 Å². The van der Waals surface area contributed by atoms with Gasteiger partial charge in [-0.2, -0.15) is 0 Å². The van der Waals surface area contributed by atoms with Gasteiger partial charge in [0.25, 0.3) is 0 Å². The van der Waals surface area contributed by atoms with Gasteiger partial charge in [-0.3, -0.25) is 0 Å².